The average molecular weight is 392 g/mol. The van der Waals surface area contributed by atoms with E-state index in [0.29, 0.717) is 11.4 Å². The highest BCUT2D eigenvalue weighted by Gasteiger charge is 2.24. The number of nitrogens with one attached hydrogen (secondary N) is 1. The van der Waals surface area contributed by atoms with Crippen molar-refractivity contribution in [2.45, 2.75) is 25.2 Å². The number of anilines is 1. The summed E-state index contributed by atoms with van der Waals surface area (Å²) in [5.74, 6) is 0.0596. The summed E-state index contributed by atoms with van der Waals surface area (Å²) in [7, 11) is 1.35. The van der Waals surface area contributed by atoms with Gasteiger partial charge in [0, 0.05) is 35.8 Å². The third-order valence-electron chi connectivity index (χ3n) is 5.10. The van der Waals surface area contributed by atoms with Gasteiger partial charge in [0.2, 0.25) is 0 Å². The summed E-state index contributed by atoms with van der Waals surface area (Å²) in [4.78, 5) is 25.8. The van der Waals surface area contributed by atoms with Gasteiger partial charge < -0.3 is 10.1 Å². The first-order valence-electron chi connectivity index (χ1n) is 9.53. The summed E-state index contributed by atoms with van der Waals surface area (Å²) in [5, 5.41) is 3.32. The zero-order valence-electron chi connectivity index (χ0n) is 16.1. The van der Waals surface area contributed by atoms with Gasteiger partial charge in [-0.25, -0.2) is 14.4 Å². The van der Waals surface area contributed by atoms with E-state index in [-0.39, 0.29) is 18.3 Å². The lowest BCUT2D eigenvalue weighted by atomic mass is 9.99. The lowest BCUT2D eigenvalue weighted by Gasteiger charge is -2.18. The molecular weight excluding hydrogens is 371 g/mol. The molecule has 0 amide bonds. The molecule has 0 spiro atoms. The number of rotatable bonds is 6. The summed E-state index contributed by atoms with van der Waals surface area (Å²) in [6.07, 6.45) is 6.25. The smallest absolute Gasteiger partial charge is 0.314 e. The number of benzene rings is 1. The molecule has 0 bridgehead atoms. The van der Waals surface area contributed by atoms with Gasteiger partial charge in [-0.2, -0.15) is 0 Å². The Morgan fingerprint density at radius 2 is 1.90 bits per heavy atom. The molecule has 2 heterocycles. The first-order valence-corrected chi connectivity index (χ1v) is 9.53. The largest absolute Gasteiger partial charge is 0.468 e. The summed E-state index contributed by atoms with van der Waals surface area (Å²) in [5.41, 5.74) is 3.70. The monoisotopic (exact) mass is 392 g/mol. The number of aromatic nitrogens is 3. The molecule has 6 nitrogen and oxygen atoms in total. The Kier molecular flexibility index (Phi) is 5.46. The second-order valence-corrected chi connectivity index (χ2v) is 6.92. The van der Waals surface area contributed by atoms with Crippen molar-refractivity contribution in [3.63, 3.8) is 0 Å². The molecule has 1 N–H and O–H groups in total. The van der Waals surface area contributed by atoms with Gasteiger partial charge in [0.25, 0.3) is 0 Å². The van der Waals surface area contributed by atoms with E-state index in [1.807, 2.05) is 12.1 Å². The Labute approximate surface area is 168 Å². The predicted molar refractivity (Wildman–Crippen MR) is 107 cm³/mol. The van der Waals surface area contributed by atoms with Crippen molar-refractivity contribution in [3.05, 3.63) is 71.4 Å². The van der Waals surface area contributed by atoms with Crippen LogP contribution in [0.25, 0.3) is 11.4 Å². The Hall–Kier alpha value is -3.35. The van der Waals surface area contributed by atoms with Gasteiger partial charge in [-0.05, 0) is 49.1 Å². The van der Waals surface area contributed by atoms with Gasteiger partial charge in [0.1, 0.15) is 11.6 Å². The van der Waals surface area contributed by atoms with Crippen LogP contribution in [0.15, 0.2) is 48.8 Å². The molecule has 0 radical (unpaired) electrons. The summed E-state index contributed by atoms with van der Waals surface area (Å²) >= 11 is 0. The summed E-state index contributed by atoms with van der Waals surface area (Å²) in [6.45, 7) is 0.289. The highest BCUT2D eigenvalue weighted by atomic mass is 19.1. The number of hydrogen-bond donors (Lipinski definition) is 1. The predicted octanol–water partition coefficient (Wildman–Crippen LogP) is 3.54. The SMILES string of the molecule is COC(=O)C(CNc1nc(-c2ccncc2)nc2c1CCC2)c1ccc(F)cc1. The van der Waals surface area contributed by atoms with E-state index < -0.39 is 5.92 Å². The first kappa shape index (κ1) is 19.0. The number of hydrogen-bond acceptors (Lipinski definition) is 6. The number of carbonyl (C=O) groups is 1. The van der Waals surface area contributed by atoms with Crippen LogP contribution >= 0.6 is 0 Å². The van der Waals surface area contributed by atoms with Gasteiger partial charge in [0.05, 0.1) is 13.0 Å². The third kappa shape index (κ3) is 4.08. The quantitative estimate of drug-likeness (QED) is 0.647. The number of methoxy groups -OCH3 is 1. The van der Waals surface area contributed by atoms with Crippen LogP contribution in [-0.2, 0) is 22.4 Å². The minimum Gasteiger partial charge on any atom is -0.468 e. The fraction of sp³-hybridized carbons (Fsp3) is 0.273. The fourth-order valence-electron chi connectivity index (χ4n) is 3.58. The molecule has 0 saturated carbocycles. The van der Waals surface area contributed by atoms with Gasteiger partial charge in [-0.15, -0.1) is 0 Å². The van der Waals surface area contributed by atoms with Crippen molar-refractivity contribution < 1.29 is 13.9 Å². The maximum atomic E-state index is 13.3. The number of nitrogens with zero attached hydrogens (tertiary/aromatic N) is 3. The van der Waals surface area contributed by atoms with E-state index in [1.165, 1.54) is 19.2 Å². The minimum absolute atomic E-state index is 0.289. The van der Waals surface area contributed by atoms with E-state index in [1.54, 1.807) is 24.5 Å². The third-order valence-corrected chi connectivity index (χ3v) is 5.10. The van der Waals surface area contributed by atoms with Crippen molar-refractivity contribution in [2.75, 3.05) is 19.0 Å². The Morgan fingerprint density at radius 1 is 1.14 bits per heavy atom. The number of fused-ring (bicyclic) bond motifs is 1. The average Bonchev–Trinajstić information content (AvgIpc) is 3.24. The van der Waals surface area contributed by atoms with Gasteiger partial charge in [0.15, 0.2) is 5.82 Å². The zero-order chi connectivity index (χ0) is 20.2. The molecule has 1 aliphatic rings. The standard InChI is InChI=1S/C22H21FN4O2/c1-29-22(28)18(14-5-7-16(23)8-6-14)13-25-21-17-3-2-4-19(17)26-20(27-21)15-9-11-24-12-10-15/h5-12,18H,2-4,13H2,1H3,(H,25,26,27). The van der Waals surface area contributed by atoms with Gasteiger partial charge >= 0.3 is 5.97 Å². The second-order valence-electron chi connectivity index (χ2n) is 6.92. The summed E-state index contributed by atoms with van der Waals surface area (Å²) < 4.78 is 18.2. The van der Waals surface area contributed by atoms with E-state index >= 15 is 0 Å². The Bertz CT molecular complexity index is 1010. The molecule has 1 atom stereocenters. The topological polar surface area (TPSA) is 77.0 Å². The number of pyridine rings is 1. The molecule has 3 aromatic rings. The van der Waals surface area contributed by atoms with E-state index in [2.05, 4.69) is 10.3 Å². The number of carbonyl (C=O) groups excluding carboxylic acids is 1. The van der Waals surface area contributed by atoms with Crippen molar-refractivity contribution in [1.82, 2.24) is 15.0 Å². The highest BCUT2D eigenvalue weighted by molar-refractivity contribution is 5.79. The molecule has 148 valence electrons. The van der Waals surface area contributed by atoms with Crippen molar-refractivity contribution >= 4 is 11.8 Å². The Morgan fingerprint density at radius 3 is 2.62 bits per heavy atom. The van der Waals surface area contributed by atoms with Gasteiger partial charge in [-0.3, -0.25) is 9.78 Å². The number of ether oxygens (including phenoxy) is 1. The highest BCUT2D eigenvalue weighted by Crippen LogP contribution is 2.30. The van der Waals surface area contributed by atoms with Crippen LogP contribution in [0.5, 0.6) is 0 Å². The molecular formula is C22H21FN4O2. The maximum absolute atomic E-state index is 13.3. The van der Waals surface area contributed by atoms with Crippen LogP contribution in [0, 0.1) is 5.82 Å². The van der Waals surface area contributed by atoms with E-state index in [4.69, 9.17) is 14.7 Å². The van der Waals surface area contributed by atoms with Gasteiger partial charge in [-0.1, -0.05) is 12.1 Å². The lowest BCUT2D eigenvalue weighted by Crippen LogP contribution is -2.23. The van der Waals surface area contributed by atoms with Crippen LogP contribution in [0.3, 0.4) is 0 Å². The molecule has 0 fully saturated rings. The van der Waals surface area contributed by atoms with E-state index in [0.717, 1.165) is 41.9 Å². The first-order chi connectivity index (χ1) is 14.2. The summed E-state index contributed by atoms with van der Waals surface area (Å²) in [6, 6.07) is 9.63. The van der Waals surface area contributed by atoms with Crippen molar-refractivity contribution in [1.29, 1.82) is 0 Å². The molecule has 0 aliphatic heterocycles. The fourth-order valence-corrected chi connectivity index (χ4v) is 3.58. The Balaban J connectivity index is 1.63. The van der Waals surface area contributed by atoms with Crippen LogP contribution in [0.1, 0.15) is 29.2 Å². The zero-order valence-corrected chi connectivity index (χ0v) is 16.1. The van der Waals surface area contributed by atoms with Crippen LogP contribution < -0.4 is 5.32 Å². The molecule has 1 aromatic carbocycles. The van der Waals surface area contributed by atoms with Crippen LogP contribution in [0.4, 0.5) is 10.2 Å². The molecule has 1 aliphatic carbocycles. The molecule has 29 heavy (non-hydrogen) atoms. The minimum atomic E-state index is -0.572. The molecule has 2 aromatic heterocycles. The normalized spacial score (nSPS) is 13.6. The van der Waals surface area contributed by atoms with E-state index in [9.17, 15) is 9.18 Å². The molecule has 7 heteroatoms. The number of aryl methyl sites for hydroxylation is 1. The van der Waals surface area contributed by atoms with Crippen LogP contribution in [-0.4, -0.2) is 34.6 Å². The maximum Gasteiger partial charge on any atom is 0.314 e. The second kappa shape index (κ2) is 8.34. The molecule has 4 rings (SSSR count). The molecule has 1 unspecified atom stereocenters. The number of halogens is 1. The van der Waals surface area contributed by atoms with Crippen LogP contribution in [0.2, 0.25) is 0 Å². The molecule has 0 saturated heterocycles. The van der Waals surface area contributed by atoms with Crippen molar-refractivity contribution in [2.24, 2.45) is 0 Å². The lowest BCUT2D eigenvalue weighted by molar-refractivity contribution is -0.142. The number of esters is 1. The van der Waals surface area contributed by atoms with Crippen molar-refractivity contribution in [3.8, 4) is 11.4 Å².